The van der Waals surface area contributed by atoms with Gasteiger partial charge >= 0.3 is 0 Å². The van der Waals surface area contributed by atoms with E-state index in [1.807, 2.05) is 13.1 Å². The number of pyridine rings is 1. The summed E-state index contributed by atoms with van der Waals surface area (Å²) in [5, 5.41) is 1.44. The lowest BCUT2D eigenvalue weighted by Gasteiger charge is -2.24. The summed E-state index contributed by atoms with van der Waals surface area (Å²) < 4.78 is 2.55. The molecule has 1 aliphatic rings. The first-order valence-corrected chi connectivity index (χ1v) is 8.82. The Morgan fingerprint density at radius 2 is 1.88 bits per heavy atom. The van der Waals surface area contributed by atoms with Crippen LogP contribution in [0.2, 0.25) is 0 Å². The van der Waals surface area contributed by atoms with Gasteiger partial charge in [0.05, 0.1) is 0 Å². The van der Waals surface area contributed by atoms with E-state index >= 15 is 0 Å². The van der Waals surface area contributed by atoms with E-state index in [0.717, 1.165) is 38.2 Å². The highest BCUT2D eigenvalue weighted by molar-refractivity contribution is 5.86. The third-order valence-electron chi connectivity index (χ3n) is 5.20. The first-order valence-electron chi connectivity index (χ1n) is 8.82. The number of aryl methyl sites for hydroxylation is 4. The number of benzene rings is 1. The van der Waals surface area contributed by atoms with E-state index in [1.165, 1.54) is 33.3 Å². The number of halogens is 2. The number of likely N-dealkylation sites (N-methyl/N-ethyl adjacent to an activating group) is 1. The first-order chi connectivity index (χ1) is 11.6. The Morgan fingerprint density at radius 1 is 1.08 bits per heavy atom. The van der Waals surface area contributed by atoms with Crippen LogP contribution in [0.5, 0.6) is 0 Å². The molecule has 1 aromatic carbocycles. The molecule has 0 saturated heterocycles. The van der Waals surface area contributed by atoms with Crippen molar-refractivity contribution in [2.24, 2.45) is 0 Å². The third-order valence-corrected chi connectivity index (χ3v) is 5.20. The van der Waals surface area contributed by atoms with Crippen LogP contribution in [0.4, 0.5) is 0 Å². The highest BCUT2D eigenvalue weighted by Gasteiger charge is 2.22. The Kier molecular flexibility index (Phi) is 6.73. The number of nitrogens with zero attached hydrogens (tertiary/aromatic N) is 3. The number of rotatable bonds is 3. The van der Waals surface area contributed by atoms with Gasteiger partial charge in [0.25, 0.3) is 0 Å². The largest absolute Gasteiger partial charge is 1.00 e. The van der Waals surface area contributed by atoms with E-state index in [1.54, 1.807) is 0 Å². The lowest BCUT2D eigenvalue weighted by molar-refractivity contribution is -0.00100. The molecule has 5 heteroatoms. The first kappa shape index (κ1) is 20.8. The molecule has 26 heavy (non-hydrogen) atoms. The molecule has 0 unspecified atom stereocenters. The van der Waals surface area contributed by atoms with Crippen molar-refractivity contribution < 1.29 is 24.8 Å². The molecule has 0 radical (unpaired) electrons. The molecule has 0 N–H and O–H groups in total. The SMILES string of the molecule is Cc1ccc2c(c1)c1c(n2CCc2ccc(C)nc2)CCN(C)C1.[Cl-].[Cl-]. The minimum atomic E-state index is 0. The zero-order valence-corrected chi connectivity index (χ0v) is 17.1. The van der Waals surface area contributed by atoms with Gasteiger partial charge in [-0.3, -0.25) is 4.98 Å². The summed E-state index contributed by atoms with van der Waals surface area (Å²) in [5.41, 5.74) is 8.20. The molecule has 4 rings (SSSR count). The molecule has 0 spiro atoms. The van der Waals surface area contributed by atoms with Crippen molar-refractivity contribution in [3.05, 3.63) is 64.6 Å². The molecule has 140 valence electrons. The fraction of sp³-hybridized carbons (Fsp3) is 0.381. The molecule has 1 aliphatic heterocycles. The van der Waals surface area contributed by atoms with Crippen molar-refractivity contribution in [1.29, 1.82) is 0 Å². The van der Waals surface area contributed by atoms with E-state index in [-0.39, 0.29) is 24.8 Å². The average Bonchev–Trinajstić information content (AvgIpc) is 2.87. The summed E-state index contributed by atoms with van der Waals surface area (Å²) in [6.07, 6.45) is 4.20. The standard InChI is InChI=1S/C21H25N3.2ClH/c1-15-4-7-20-18(12-15)19-14-23(3)10-9-21(19)24(20)11-8-17-6-5-16(2)22-13-17;;/h4-7,12-13H,8-11,14H2,1-3H3;2*1H/p-2. The Hall–Kier alpha value is -1.55. The second-order valence-electron chi connectivity index (χ2n) is 7.14. The van der Waals surface area contributed by atoms with Crippen LogP contribution in [0.25, 0.3) is 10.9 Å². The minimum absolute atomic E-state index is 0. The zero-order chi connectivity index (χ0) is 16.7. The van der Waals surface area contributed by atoms with Crippen LogP contribution >= 0.6 is 0 Å². The lowest BCUT2D eigenvalue weighted by Crippen LogP contribution is -3.00. The normalized spacial score (nSPS) is 13.8. The average molecular weight is 390 g/mol. The van der Waals surface area contributed by atoms with Crippen LogP contribution < -0.4 is 24.8 Å². The Labute approximate surface area is 168 Å². The monoisotopic (exact) mass is 389 g/mol. The maximum absolute atomic E-state index is 4.43. The molecule has 0 atom stereocenters. The predicted octanol–water partition coefficient (Wildman–Crippen LogP) is -2.11. The van der Waals surface area contributed by atoms with Gasteiger partial charge in [0, 0.05) is 54.5 Å². The van der Waals surface area contributed by atoms with Crippen molar-refractivity contribution in [3.8, 4) is 0 Å². The van der Waals surface area contributed by atoms with Gasteiger partial charge < -0.3 is 34.3 Å². The van der Waals surface area contributed by atoms with Crippen molar-refractivity contribution in [2.75, 3.05) is 13.6 Å². The summed E-state index contributed by atoms with van der Waals surface area (Å²) in [4.78, 5) is 6.86. The van der Waals surface area contributed by atoms with Crippen LogP contribution in [0.1, 0.15) is 28.1 Å². The van der Waals surface area contributed by atoms with Crippen LogP contribution in [0.15, 0.2) is 36.5 Å². The highest BCUT2D eigenvalue weighted by atomic mass is 35.5. The second kappa shape index (κ2) is 8.43. The van der Waals surface area contributed by atoms with Gasteiger partial charge in [0.2, 0.25) is 0 Å². The summed E-state index contributed by atoms with van der Waals surface area (Å²) in [5.74, 6) is 0. The number of hydrogen-bond donors (Lipinski definition) is 0. The Balaban J connectivity index is 0.00000121. The van der Waals surface area contributed by atoms with E-state index in [4.69, 9.17) is 0 Å². The summed E-state index contributed by atoms with van der Waals surface area (Å²) in [6.45, 7) is 7.47. The number of fused-ring (bicyclic) bond motifs is 3. The van der Waals surface area contributed by atoms with E-state index < -0.39 is 0 Å². The predicted molar refractivity (Wildman–Crippen MR) is 99.4 cm³/mol. The zero-order valence-electron chi connectivity index (χ0n) is 15.6. The summed E-state index contributed by atoms with van der Waals surface area (Å²) >= 11 is 0. The quantitative estimate of drug-likeness (QED) is 0.511. The maximum atomic E-state index is 4.43. The summed E-state index contributed by atoms with van der Waals surface area (Å²) in [7, 11) is 2.22. The molecule has 2 aromatic heterocycles. The van der Waals surface area contributed by atoms with E-state index in [0.29, 0.717) is 0 Å². The van der Waals surface area contributed by atoms with Gasteiger partial charge in [-0.05, 0) is 56.6 Å². The van der Waals surface area contributed by atoms with Crippen LogP contribution in [-0.4, -0.2) is 28.0 Å². The van der Waals surface area contributed by atoms with Crippen molar-refractivity contribution in [3.63, 3.8) is 0 Å². The molecular formula is C21H25Cl2N3-2. The second-order valence-corrected chi connectivity index (χ2v) is 7.14. The highest BCUT2D eigenvalue weighted by Crippen LogP contribution is 2.31. The smallest absolute Gasteiger partial charge is 0.0486 e. The fourth-order valence-electron chi connectivity index (χ4n) is 3.84. The molecule has 0 amide bonds. The fourth-order valence-corrected chi connectivity index (χ4v) is 3.84. The molecule has 0 saturated carbocycles. The van der Waals surface area contributed by atoms with Crippen LogP contribution in [-0.2, 0) is 25.9 Å². The van der Waals surface area contributed by atoms with Crippen molar-refractivity contribution in [2.45, 2.75) is 39.8 Å². The lowest BCUT2D eigenvalue weighted by atomic mass is 10.0. The third kappa shape index (κ3) is 3.90. The van der Waals surface area contributed by atoms with Gasteiger partial charge in [0.15, 0.2) is 0 Å². The molecule has 0 aliphatic carbocycles. The molecule has 3 heterocycles. The van der Waals surface area contributed by atoms with Crippen LogP contribution in [0.3, 0.4) is 0 Å². The van der Waals surface area contributed by atoms with Crippen molar-refractivity contribution in [1.82, 2.24) is 14.5 Å². The molecule has 0 bridgehead atoms. The van der Waals surface area contributed by atoms with Gasteiger partial charge in [0.1, 0.15) is 0 Å². The van der Waals surface area contributed by atoms with Gasteiger partial charge in [-0.15, -0.1) is 0 Å². The number of hydrogen-bond acceptors (Lipinski definition) is 2. The van der Waals surface area contributed by atoms with Gasteiger partial charge in [-0.1, -0.05) is 17.7 Å². The molecule has 3 nitrogen and oxygen atoms in total. The van der Waals surface area contributed by atoms with E-state index in [9.17, 15) is 0 Å². The van der Waals surface area contributed by atoms with Gasteiger partial charge in [-0.2, -0.15) is 0 Å². The molecule has 3 aromatic rings. The number of aromatic nitrogens is 2. The Bertz CT molecular complexity index is 884. The maximum Gasteiger partial charge on any atom is 0.0486 e. The molecular weight excluding hydrogens is 365 g/mol. The van der Waals surface area contributed by atoms with Crippen LogP contribution in [0, 0.1) is 13.8 Å². The van der Waals surface area contributed by atoms with Crippen molar-refractivity contribution >= 4 is 10.9 Å². The molecule has 0 fully saturated rings. The Morgan fingerprint density at radius 3 is 2.62 bits per heavy atom. The van der Waals surface area contributed by atoms with E-state index in [2.05, 4.69) is 58.8 Å². The minimum Gasteiger partial charge on any atom is -1.00 e. The topological polar surface area (TPSA) is 21.1 Å². The summed E-state index contributed by atoms with van der Waals surface area (Å²) in [6, 6.07) is 11.2. The van der Waals surface area contributed by atoms with Gasteiger partial charge in [-0.25, -0.2) is 0 Å².